The maximum atomic E-state index is 14.0. The Morgan fingerprint density at radius 2 is 1.68 bits per heavy atom. The molecule has 1 N–H and O–H groups in total. The number of benzene rings is 3. The fraction of sp³-hybridized carbons (Fsp3) is 0.333. The molecule has 40 heavy (non-hydrogen) atoms. The third-order valence-electron chi connectivity index (χ3n) is 6.43. The van der Waals surface area contributed by atoms with Crippen molar-refractivity contribution in [2.45, 2.75) is 50.6 Å². The summed E-state index contributed by atoms with van der Waals surface area (Å²) < 4.78 is 34.1. The van der Waals surface area contributed by atoms with Crippen molar-refractivity contribution in [1.82, 2.24) is 10.2 Å². The van der Waals surface area contributed by atoms with Crippen LogP contribution in [0.25, 0.3) is 0 Å². The van der Waals surface area contributed by atoms with Gasteiger partial charge >= 0.3 is 0 Å². The van der Waals surface area contributed by atoms with Crippen LogP contribution < -0.4 is 14.4 Å². The Morgan fingerprint density at radius 1 is 0.975 bits per heavy atom. The molecular formula is C30H36ClN3O5S. The Kier molecular flexibility index (Phi) is 11.4. The lowest BCUT2D eigenvalue weighted by Gasteiger charge is -2.33. The quantitative estimate of drug-likeness (QED) is 0.260. The molecule has 8 nitrogen and oxygen atoms in total. The van der Waals surface area contributed by atoms with Crippen LogP contribution in [0.15, 0.2) is 83.8 Å². The van der Waals surface area contributed by atoms with Gasteiger partial charge in [0.25, 0.3) is 10.0 Å². The summed E-state index contributed by atoms with van der Waals surface area (Å²) in [6, 6.07) is 20.6. The van der Waals surface area contributed by atoms with E-state index in [1.807, 2.05) is 13.8 Å². The van der Waals surface area contributed by atoms with Crippen LogP contribution in [-0.4, -0.2) is 51.4 Å². The zero-order chi connectivity index (χ0) is 29.1. The van der Waals surface area contributed by atoms with Crippen LogP contribution in [0, 0.1) is 0 Å². The van der Waals surface area contributed by atoms with Crippen LogP contribution in [0.2, 0.25) is 5.02 Å². The first-order valence-electron chi connectivity index (χ1n) is 13.2. The van der Waals surface area contributed by atoms with Gasteiger partial charge in [0.2, 0.25) is 11.8 Å². The van der Waals surface area contributed by atoms with Gasteiger partial charge in [-0.25, -0.2) is 8.42 Å². The number of ether oxygens (including phenoxy) is 1. The molecule has 3 rings (SSSR count). The summed E-state index contributed by atoms with van der Waals surface area (Å²) in [6.07, 6.45) is 2.07. The summed E-state index contributed by atoms with van der Waals surface area (Å²) in [7, 11) is -2.66. The number of hydrogen-bond donors (Lipinski definition) is 1. The lowest BCUT2D eigenvalue weighted by Crippen LogP contribution is -2.52. The normalized spacial score (nSPS) is 11.9. The van der Waals surface area contributed by atoms with Crippen LogP contribution in [0.1, 0.15) is 38.7 Å². The molecule has 0 aliphatic rings. The molecule has 0 unspecified atom stereocenters. The standard InChI is InChI=1S/C30H36ClN3O5S/c1-4-6-19-32-30(36)28(5-2)33(21-23-15-17-24(31)18-16-23)29(35)22-34(25-11-10-12-26(20-25)39-3)40(37,38)27-13-8-7-9-14-27/h7-18,20,28H,4-6,19,21-22H2,1-3H3,(H,32,36)/t28-/m0/s1. The number of nitrogens with zero attached hydrogens (tertiary/aromatic N) is 2. The monoisotopic (exact) mass is 585 g/mol. The maximum absolute atomic E-state index is 14.0. The Balaban J connectivity index is 2.03. The predicted molar refractivity (Wildman–Crippen MR) is 158 cm³/mol. The van der Waals surface area contributed by atoms with Crippen LogP contribution in [-0.2, 0) is 26.2 Å². The van der Waals surface area contributed by atoms with E-state index in [4.69, 9.17) is 16.3 Å². The molecular weight excluding hydrogens is 550 g/mol. The number of unbranched alkanes of at least 4 members (excludes halogenated alkanes) is 1. The van der Waals surface area contributed by atoms with E-state index in [0.717, 1.165) is 22.7 Å². The smallest absolute Gasteiger partial charge is 0.264 e. The van der Waals surface area contributed by atoms with Crippen molar-refractivity contribution in [1.29, 1.82) is 0 Å². The second kappa shape index (κ2) is 14.7. The number of hydrogen-bond acceptors (Lipinski definition) is 5. The fourth-order valence-electron chi connectivity index (χ4n) is 4.23. The SMILES string of the molecule is CCCCNC(=O)[C@H](CC)N(Cc1ccc(Cl)cc1)C(=O)CN(c1cccc(OC)c1)S(=O)(=O)c1ccccc1. The summed E-state index contributed by atoms with van der Waals surface area (Å²) in [6.45, 7) is 3.93. The molecule has 0 fully saturated rings. The molecule has 0 aliphatic heterocycles. The first-order chi connectivity index (χ1) is 19.2. The Hall–Kier alpha value is -3.56. The molecule has 214 valence electrons. The number of amides is 2. The average molecular weight is 586 g/mol. The fourth-order valence-corrected chi connectivity index (χ4v) is 5.78. The lowest BCUT2D eigenvalue weighted by atomic mass is 10.1. The van der Waals surface area contributed by atoms with E-state index in [1.54, 1.807) is 66.7 Å². The van der Waals surface area contributed by atoms with Gasteiger partial charge in [-0.1, -0.05) is 68.3 Å². The second-order valence-corrected chi connectivity index (χ2v) is 11.5. The van der Waals surface area contributed by atoms with Crippen molar-refractivity contribution in [2.75, 3.05) is 24.5 Å². The third-order valence-corrected chi connectivity index (χ3v) is 8.47. The maximum Gasteiger partial charge on any atom is 0.264 e. The third kappa shape index (κ3) is 7.99. The molecule has 0 radical (unpaired) electrons. The van der Waals surface area contributed by atoms with E-state index in [-0.39, 0.29) is 23.0 Å². The van der Waals surface area contributed by atoms with Crippen molar-refractivity contribution in [2.24, 2.45) is 0 Å². The van der Waals surface area contributed by atoms with Crippen LogP contribution >= 0.6 is 11.6 Å². The van der Waals surface area contributed by atoms with E-state index in [2.05, 4.69) is 5.32 Å². The summed E-state index contributed by atoms with van der Waals surface area (Å²) in [5.74, 6) is -0.357. The minimum Gasteiger partial charge on any atom is -0.497 e. The molecule has 0 heterocycles. The molecule has 2 amide bonds. The zero-order valence-corrected chi connectivity index (χ0v) is 24.6. The van der Waals surface area contributed by atoms with Crippen molar-refractivity contribution >= 4 is 39.1 Å². The minimum atomic E-state index is -4.14. The van der Waals surface area contributed by atoms with Gasteiger partial charge in [0.15, 0.2) is 0 Å². The molecule has 3 aromatic carbocycles. The number of carbonyl (C=O) groups is 2. The summed E-state index contributed by atoms with van der Waals surface area (Å²) in [5.41, 5.74) is 1.03. The number of sulfonamides is 1. The second-order valence-electron chi connectivity index (χ2n) is 9.24. The average Bonchev–Trinajstić information content (AvgIpc) is 2.97. The molecule has 3 aromatic rings. The van der Waals surface area contributed by atoms with Gasteiger partial charge in [-0.3, -0.25) is 13.9 Å². The summed E-state index contributed by atoms with van der Waals surface area (Å²) in [5, 5.41) is 3.46. The minimum absolute atomic E-state index is 0.0409. The number of anilines is 1. The number of rotatable bonds is 14. The Morgan fingerprint density at radius 3 is 2.30 bits per heavy atom. The first-order valence-corrected chi connectivity index (χ1v) is 15.1. The largest absolute Gasteiger partial charge is 0.497 e. The van der Waals surface area contributed by atoms with Crippen molar-refractivity contribution in [3.8, 4) is 5.75 Å². The Labute approximate surface area is 241 Å². The van der Waals surface area contributed by atoms with E-state index in [9.17, 15) is 18.0 Å². The molecule has 10 heteroatoms. The van der Waals surface area contributed by atoms with Crippen LogP contribution in [0.4, 0.5) is 5.69 Å². The molecule has 0 aromatic heterocycles. The molecule has 0 saturated carbocycles. The molecule has 0 saturated heterocycles. The van der Waals surface area contributed by atoms with Gasteiger partial charge < -0.3 is 15.0 Å². The molecule has 0 aliphatic carbocycles. The number of methoxy groups -OCH3 is 1. The molecule has 0 spiro atoms. The van der Waals surface area contributed by atoms with E-state index in [1.165, 1.54) is 24.1 Å². The van der Waals surface area contributed by atoms with Crippen molar-refractivity contribution in [3.05, 3.63) is 89.4 Å². The zero-order valence-electron chi connectivity index (χ0n) is 23.0. The van der Waals surface area contributed by atoms with Gasteiger partial charge in [-0.2, -0.15) is 0 Å². The van der Waals surface area contributed by atoms with Gasteiger partial charge in [-0.05, 0) is 54.8 Å². The molecule has 1 atom stereocenters. The van der Waals surface area contributed by atoms with E-state index >= 15 is 0 Å². The topological polar surface area (TPSA) is 96.0 Å². The number of carbonyl (C=O) groups excluding carboxylic acids is 2. The Bertz CT molecular complexity index is 1370. The van der Waals surface area contributed by atoms with Gasteiger partial charge in [-0.15, -0.1) is 0 Å². The van der Waals surface area contributed by atoms with Crippen LogP contribution in [0.5, 0.6) is 5.75 Å². The lowest BCUT2D eigenvalue weighted by molar-refractivity contribution is -0.140. The van der Waals surface area contributed by atoms with Gasteiger partial charge in [0.05, 0.1) is 17.7 Å². The van der Waals surface area contributed by atoms with Gasteiger partial charge in [0, 0.05) is 24.2 Å². The predicted octanol–water partition coefficient (Wildman–Crippen LogP) is 5.27. The first kappa shape index (κ1) is 31.0. The molecule has 0 bridgehead atoms. The highest BCUT2D eigenvalue weighted by molar-refractivity contribution is 7.92. The summed E-state index contributed by atoms with van der Waals surface area (Å²) in [4.78, 5) is 28.8. The van der Waals surface area contributed by atoms with E-state index < -0.39 is 28.5 Å². The highest BCUT2D eigenvalue weighted by atomic mass is 35.5. The highest BCUT2D eigenvalue weighted by Gasteiger charge is 2.33. The number of nitrogens with one attached hydrogen (secondary N) is 1. The highest BCUT2D eigenvalue weighted by Crippen LogP contribution is 2.28. The number of halogens is 1. The van der Waals surface area contributed by atoms with E-state index in [0.29, 0.717) is 23.7 Å². The van der Waals surface area contributed by atoms with Crippen molar-refractivity contribution in [3.63, 3.8) is 0 Å². The van der Waals surface area contributed by atoms with Gasteiger partial charge in [0.1, 0.15) is 18.3 Å². The van der Waals surface area contributed by atoms with Crippen molar-refractivity contribution < 1.29 is 22.7 Å². The summed E-state index contributed by atoms with van der Waals surface area (Å²) >= 11 is 6.06. The van der Waals surface area contributed by atoms with Crippen LogP contribution in [0.3, 0.4) is 0 Å².